The van der Waals surface area contributed by atoms with E-state index in [1.165, 1.54) is 0 Å². The summed E-state index contributed by atoms with van der Waals surface area (Å²) >= 11 is 0. The third-order valence-corrected chi connectivity index (χ3v) is 2.53. The van der Waals surface area contributed by atoms with Gasteiger partial charge >= 0.3 is 0 Å². The molecule has 0 aliphatic heterocycles. The summed E-state index contributed by atoms with van der Waals surface area (Å²) in [5.74, 6) is 0.161. The minimum absolute atomic E-state index is 0.161. The lowest BCUT2D eigenvalue weighted by atomic mass is 9.90. The first-order valence-electron chi connectivity index (χ1n) is 5.19. The van der Waals surface area contributed by atoms with Crippen molar-refractivity contribution in [1.82, 2.24) is 0 Å². The van der Waals surface area contributed by atoms with E-state index in [0.29, 0.717) is 6.42 Å². The van der Waals surface area contributed by atoms with Crippen LogP contribution in [-0.4, -0.2) is 18.5 Å². The van der Waals surface area contributed by atoms with Crippen LogP contribution in [0.2, 0.25) is 0 Å². The summed E-state index contributed by atoms with van der Waals surface area (Å²) in [5, 5.41) is 0. The molecule has 2 heteroatoms. The van der Waals surface area contributed by atoms with E-state index in [1.807, 2.05) is 24.3 Å². The number of carbonyl (C=O) groups excluding carboxylic acids is 1. The van der Waals surface area contributed by atoms with Crippen LogP contribution in [0.3, 0.4) is 0 Å². The molecule has 1 aliphatic carbocycles. The summed E-state index contributed by atoms with van der Waals surface area (Å²) in [4.78, 5) is 11.9. The summed E-state index contributed by atoms with van der Waals surface area (Å²) in [6.45, 7) is 2.08. The lowest BCUT2D eigenvalue weighted by molar-refractivity contribution is -0.131. The maximum absolute atomic E-state index is 11.9. The van der Waals surface area contributed by atoms with Gasteiger partial charge in [0.05, 0.1) is 0 Å². The second-order valence-corrected chi connectivity index (χ2v) is 3.56. The number of carbonyl (C=O) groups is 1. The van der Waals surface area contributed by atoms with E-state index in [1.54, 1.807) is 7.11 Å². The van der Waals surface area contributed by atoms with E-state index >= 15 is 0 Å². The molecule has 0 aromatic heterocycles. The number of methoxy groups -OCH3 is 1. The molecule has 0 amide bonds. The number of rotatable bonds is 5. The van der Waals surface area contributed by atoms with Gasteiger partial charge in [0, 0.05) is 13.5 Å². The van der Waals surface area contributed by atoms with Crippen molar-refractivity contribution in [2.24, 2.45) is 0 Å². The summed E-state index contributed by atoms with van der Waals surface area (Å²) in [6, 6.07) is 0. The van der Waals surface area contributed by atoms with Gasteiger partial charge < -0.3 is 4.74 Å². The van der Waals surface area contributed by atoms with E-state index in [2.05, 4.69) is 6.92 Å². The largest absolute Gasteiger partial charge is 0.362 e. The number of hydrogen-bond acceptors (Lipinski definition) is 2. The second kappa shape index (κ2) is 5.11. The maximum atomic E-state index is 11.9. The first-order chi connectivity index (χ1) is 6.75. The molecular weight excluding hydrogens is 176 g/mol. The lowest BCUT2D eigenvalue weighted by Crippen LogP contribution is -2.37. The Hall–Kier alpha value is -0.890. The van der Waals surface area contributed by atoms with Gasteiger partial charge in [-0.2, -0.15) is 0 Å². The average Bonchev–Trinajstić information content (AvgIpc) is 2.26. The van der Waals surface area contributed by atoms with Crippen molar-refractivity contribution in [3.05, 3.63) is 24.3 Å². The highest BCUT2D eigenvalue weighted by Crippen LogP contribution is 2.22. The topological polar surface area (TPSA) is 26.3 Å². The van der Waals surface area contributed by atoms with Gasteiger partial charge in [0.15, 0.2) is 11.4 Å². The smallest absolute Gasteiger partial charge is 0.172 e. The first kappa shape index (κ1) is 11.2. The van der Waals surface area contributed by atoms with Crippen LogP contribution in [0.4, 0.5) is 0 Å². The third-order valence-electron chi connectivity index (χ3n) is 2.53. The van der Waals surface area contributed by atoms with Crippen molar-refractivity contribution >= 4 is 5.78 Å². The number of Topliss-reactive ketones (excluding diaryl/α,β-unsaturated/α-hetero) is 1. The predicted octanol–water partition coefficient (Wildman–Crippen LogP) is 2.65. The summed E-state index contributed by atoms with van der Waals surface area (Å²) in [5.41, 5.74) is -0.770. The molecule has 0 heterocycles. The Bertz CT molecular complexity index is 239. The Labute approximate surface area is 85.6 Å². The molecule has 0 bridgehead atoms. The minimum Gasteiger partial charge on any atom is -0.362 e. The van der Waals surface area contributed by atoms with Gasteiger partial charge in [-0.15, -0.1) is 0 Å². The van der Waals surface area contributed by atoms with Gasteiger partial charge in [0.1, 0.15) is 0 Å². The Morgan fingerprint density at radius 1 is 1.43 bits per heavy atom. The molecule has 0 atom stereocenters. The fourth-order valence-electron chi connectivity index (χ4n) is 1.59. The Kier molecular flexibility index (Phi) is 4.08. The number of unbranched alkanes of at least 4 members (excludes halogenated alkanes) is 1. The van der Waals surface area contributed by atoms with Gasteiger partial charge in [-0.1, -0.05) is 25.5 Å². The SMILES string of the molecule is CCCCC(=O)C1(OC)C=CCC=C1. The fourth-order valence-corrected chi connectivity index (χ4v) is 1.59. The monoisotopic (exact) mass is 194 g/mol. The molecular formula is C12H18O2. The van der Waals surface area contributed by atoms with Gasteiger partial charge in [-0.05, 0) is 25.0 Å². The summed E-state index contributed by atoms with van der Waals surface area (Å²) in [6.07, 6.45) is 11.2. The molecule has 0 saturated carbocycles. The van der Waals surface area contributed by atoms with E-state index in [0.717, 1.165) is 19.3 Å². The van der Waals surface area contributed by atoms with Crippen LogP contribution < -0.4 is 0 Å². The highest BCUT2D eigenvalue weighted by atomic mass is 16.5. The Morgan fingerprint density at radius 3 is 2.57 bits per heavy atom. The number of allylic oxidation sites excluding steroid dienone is 2. The molecule has 2 nitrogen and oxygen atoms in total. The van der Waals surface area contributed by atoms with Crippen LogP contribution in [0, 0.1) is 0 Å². The van der Waals surface area contributed by atoms with Crippen LogP contribution in [0.15, 0.2) is 24.3 Å². The van der Waals surface area contributed by atoms with Gasteiger partial charge in [-0.25, -0.2) is 0 Å². The number of hydrogen-bond donors (Lipinski definition) is 0. The average molecular weight is 194 g/mol. The molecule has 0 aromatic carbocycles. The van der Waals surface area contributed by atoms with Gasteiger partial charge in [0.2, 0.25) is 0 Å². The molecule has 0 aromatic rings. The van der Waals surface area contributed by atoms with Crippen LogP contribution >= 0.6 is 0 Å². The van der Waals surface area contributed by atoms with Crippen LogP contribution in [0.5, 0.6) is 0 Å². The molecule has 1 aliphatic rings. The molecule has 14 heavy (non-hydrogen) atoms. The summed E-state index contributed by atoms with van der Waals surface area (Å²) in [7, 11) is 1.59. The van der Waals surface area contributed by atoms with Crippen LogP contribution in [0.1, 0.15) is 32.6 Å². The van der Waals surface area contributed by atoms with Crippen molar-refractivity contribution < 1.29 is 9.53 Å². The number of ether oxygens (including phenoxy) is 1. The van der Waals surface area contributed by atoms with E-state index in [4.69, 9.17) is 4.74 Å². The third kappa shape index (κ3) is 2.32. The highest BCUT2D eigenvalue weighted by molar-refractivity contribution is 5.91. The molecule has 0 unspecified atom stereocenters. The van der Waals surface area contributed by atoms with Gasteiger partial charge in [0.25, 0.3) is 0 Å². The fraction of sp³-hybridized carbons (Fsp3) is 0.583. The minimum atomic E-state index is -0.770. The molecule has 0 N–H and O–H groups in total. The van der Waals surface area contributed by atoms with Crippen molar-refractivity contribution in [1.29, 1.82) is 0 Å². The molecule has 78 valence electrons. The summed E-state index contributed by atoms with van der Waals surface area (Å²) < 4.78 is 5.31. The predicted molar refractivity (Wildman–Crippen MR) is 57.2 cm³/mol. The quantitative estimate of drug-likeness (QED) is 0.629. The van der Waals surface area contributed by atoms with E-state index < -0.39 is 5.60 Å². The standard InChI is InChI=1S/C12H18O2/c1-3-4-8-11(13)12(14-2)9-6-5-7-10-12/h6-7,9-10H,3-5,8H2,1-2H3. The normalized spacial score (nSPS) is 18.4. The van der Waals surface area contributed by atoms with Crippen LogP contribution in [0.25, 0.3) is 0 Å². The van der Waals surface area contributed by atoms with Crippen molar-refractivity contribution in [2.75, 3.05) is 7.11 Å². The maximum Gasteiger partial charge on any atom is 0.172 e. The van der Waals surface area contributed by atoms with Gasteiger partial charge in [-0.3, -0.25) is 4.79 Å². The zero-order chi connectivity index (χ0) is 10.4. The molecule has 0 saturated heterocycles. The molecule has 1 rings (SSSR count). The zero-order valence-electron chi connectivity index (χ0n) is 8.95. The van der Waals surface area contributed by atoms with Crippen LogP contribution in [-0.2, 0) is 9.53 Å². The van der Waals surface area contributed by atoms with E-state index in [9.17, 15) is 4.79 Å². The van der Waals surface area contributed by atoms with Crippen molar-refractivity contribution in [3.63, 3.8) is 0 Å². The number of ketones is 1. The lowest BCUT2D eigenvalue weighted by Gasteiger charge is -2.26. The van der Waals surface area contributed by atoms with E-state index in [-0.39, 0.29) is 5.78 Å². The highest BCUT2D eigenvalue weighted by Gasteiger charge is 2.32. The Balaban J connectivity index is 2.68. The zero-order valence-corrected chi connectivity index (χ0v) is 8.95. The van der Waals surface area contributed by atoms with Crippen molar-refractivity contribution in [3.8, 4) is 0 Å². The second-order valence-electron chi connectivity index (χ2n) is 3.56. The molecule has 0 radical (unpaired) electrons. The first-order valence-corrected chi connectivity index (χ1v) is 5.19. The molecule has 0 spiro atoms. The Morgan fingerprint density at radius 2 is 2.07 bits per heavy atom. The molecule has 0 fully saturated rings. The van der Waals surface area contributed by atoms with Crippen molar-refractivity contribution in [2.45, 2.75) is 38.2 Å².